The van der Waals surface area contributed by atoms with Gasteiger partial charge in [0.1, 0.15) is 5.39 Å². The van der Waals surface area contributed by atoms with Crippen LogP contribution >= 0.6 is 0 Å². The summed E-state index contributed by atoms with van der Waals surface area (Å²) in [5, 5.41) is 13.4. The Morgan fingerprint density at radius 1 is 1.58 bits per heavy atom. The predicted molar refractivity (Wildman–Crippen MR) is 66.4 cm³/mol. The zero-order chi connectivity index (χ0) is 13.4. The summed E-state index contributed by atoms with van der Waals surface area (Å²) in [5.74, 6) is 0.671. The first-order chi connectivity index (χ1) is 9.19. The lowest BCUT2D eigenvalue weighted by Gasteiger charge is -2.04. The van der Waals surface area contributed by atoms with Crippen molar-refractivity contribution in [2.24, 2.45) is 0 Å². The summed E-state index contributed by atoms with van der Waals surface area (Å²) >= 11 is 0. The van der Waals surface area contributed by atoms with Gasteiger partial charge in [-0.2, -0.15) is 0 Å². The highest BCUT2D eigenvalue weighted by atomic mass is 16.7. The molecule has 0 aliphatic heterocycles. The Hall–Kier alpha value is -2.11. The van der Waals surface area contributed by atoms with Crippen molar-refractivity contribution in [3.05, 3.63) is 17.5 Å². The second-order valence-electron chi connectivity index (χ2n) is 4.75. The summed E-state index contributed by atoms with van der Waals surface area (Å²) in [6, 6.07) is 1.70. The fourth-order valence-corrected chi connectivity index (χ4v) is 2.16. The summed E-state index contributed by atoms with van der Waals surface area (Å²) in [4.78, 5) is 15.2. The van der Waals surface area contributed by atoms with Gasteiger partial charge in [0.05, 0.1) is 11.4 Å². The fraction of sp³-hybridized carbons (Fsp3) is 0.462. The zero-order valence-electron chi connectivity index (χ0n) is 10.5. The van der Waals surface area contributed by atoms with Crippen LogP contribution in [-0.2, 0) is 6.42 Å². The number of rotatable bonds is 4. The van der Waals surface area contributed by atoms with Gasteiger partial charge in [-0.1, -0.05) is 18.5 Å². The lowest BCUT2D eigenvalue weighted by molar-refractivity contribution is 0.145. The molecule has 0 radical (unpaired) electrons. The van der Waals surface area contributed by atoms with E-state index >= 15 is 0 Å². The van der Waals surface area contributed by atoms with Gasteiger partial charge >= 0.3 is 6.16 Å². The number of hydrogen-bond donors (Lipinski definition) is 1. The molecule has 6 heteroatoms. The summed E-state index contributed by atoms with van der Waals surface area (Å²) < 4.78 is 10.1. The highest BCUT2D eigenvalue weighted by Crippen LogP contribution is 2.42. The smallest absolute Gasteiger partial charge is 0.449 e. The first kappa shape index (κ1) is 12.0. The van der Waals surface area contributed by atoms with Gasteiger partial charge in [0, 0.05) is 12.0 Å². The van der Waals surface area contributed by atoms with Crippen LogP contribution in [0.25, 0.3) is 11.1 Å². The number of carboxylic acid groups (broad SMARTS) is 1. The number of carbonyl (C=O) groups is 1. The Balaban J connectivity index is 2.14. The number of fused-ring (bicyclic) bond motifs is 1. The van der Waals surface area contributed by atoms with Gasteiger partial charge in [0.2, 0.25) is 0 Å². The maximum atomic E-state index is 10.8. The molecule has 1 aliphatic rings. The Labute approximate surface area is 109 Å². The second-order valence-corrected chi connectivity index (χ2v) is 4.75. The lowest BCUT2D eigenvalue weighted by Crippen LogP contribution is -2.05. The summed E-state index contributed by atoms with van der Waals surface area (Å²) in [7, 11) is 0. The summed E-state index contributed by atoms with van der Waals surface area (Å²) in [6.45, 7) is 2.02. The SMILES string of the molecule is CCCc1noc2nc(C3CC3)cc(OC(=O)O)c12. The number of hydrogen-bond acceptors (Lipinski definition) is 5. The maximum Gasteiger partial charge on any atom is 0.511 e. The van der Waals surface area contributed by atoms with Gasteiger partial charge in [0.25, 0.3) is 5.71 Å². The second kappa shape index (κ2) is 4.53. The highest BCUT2D eigenvalue weighted by molar-refractivity contribution is 5.85. The van der Waals surface area contributed by atoms with E-state index in [0.717, 1.165) is 25.0 Å². The van der Waals surface area contributed by atoms with Crippen molar-refractivity contribution < 1.29 is 19.2 Å². The number of ether oxygens (including phenoxy) is 1. The van der Waals surface area contributed by atoms with E-state index < -0.39 is 6.16 Å². The predicted octanol–water partition coefficient (Wildman–Crippen LogP) is 3.11. The fourth-order valence-electron chi connectivity index (χ4n) is 2.16. The molecule has 0 unspecified atom stereocenters. The Kier molecular flexibility index (Phi) is 2.85. The minimum atomic E-state index is -1.34. The standard InChI is InChI=1S/C13H14N2O4/c1-2-3-8-11-10(18-13(16)17)6-9(7-4-5-7)14-12(11)19-15-8/h6-7H,2-5H2,1H3,(H,16,17). The largest absolute Gasteiger partial charge is 0.511 e. The van der Waals surface area contributed by atoms with Crippen LogP contribution in [0.15, 0.2) is 10.6 Å². The van der Waals surface area contributed by atoms with Crippen molar-refractivity contribution in [1.29, 1.82) is 0 Å². The molecular formula is C13H14N2O4. The van der Waals surface area contributed by atoms with Crippen LogP contribution in [0, 0.1) is 0 Å². The molecule has 0 saturated heterocycles. The molecule has 19 heavy (non-hydrogen) atoms. The van der Waals surface area contributed by atoms with Crippen molar-refractivity contribution in [3.8, 4) is 5.75 Å². The van der Waals surface area contributed by atoms with Gasteiger partial charge in [-0.25, -0.2) is 9.78 Å². The van der Waals surface area contributed by atoms with Crippen molar-refractivity contribution in [1.82, 2.24) is 10.1 Å². The van der Waals surface area contributed by atoms with Crippen molar-refractivity contribution >= 4 is 17.3 Å². The number of aryl methyl sites for hydroxylation is 1. The number of pyridine rings is 1. The third-order valence-corrected chi connectivity index (χ3v) is 3.18. The molecule has 1 N–H and O–H groups in total. The Morgan fingerprint density at radius 2 is 2.37 bits per heavy atom. The molecule has 1 aliphatic carbocycles. The average molecular weight is 262 g/mol. The van der Waals surface area contributed by atoms with Gasteiger partial charge in [-0.15, -0.1) is 0 Å². The minimum Gasteiger partial charge on any atom is -0.449 e. The molecule has 0 amide bonds. The third-order valence-electron chi connectivity index (χ3n) is 3.18. The van der Waals surface area contributed by atoms with Gasteiger partial charge in [0.15, 0.2) is 5.75 Å². The molecule has 2 aromatic rings. The molecule has 0 aromatic carbocycles. The van der Waals surface area contributed by atoms with Crippen LogP contribution in [0.1, 0.15) is 43.5 Å². The first-order valence-corrected chi connectivity index (χ1v) is 6.39. The van der Waals surface area contributed by atoms with E-state index in [4.69, 9.17) is 14.4 Å². The van der Waals surface area contributed by atoms with E-state index in [9.17, 15) is 4.79 Å². The van der Waals surface area contributed by atoms with Crippen LogP contribution in [0.5, 0.6) is 5.75 Å². The zero-order valence-corrected chi connectivity index (χ0v) is 10.5. The van der Waals surface area contributed by atoms with Gasteiger partial charge < -0.3 is 14.4 Å². The van der Waals surface area contributed by atoms with Crippen LogP contribution in [0.4, 0.5) is 4.79 Å². The molecule has 2 heterocycles. The molecule has 1 saturated carbocycles. The molecule has 6 nitrogen and oxygen atoms in total. The maximum absolute atomic E-state index is 10.8. The quantitative estimate of drug-likeness (QED) is 0.852. The number of nitrogens with zero attached hydrogens (tertiary/aromatic N) is 2. The molecule has 100 valence electrons. The highest BCUT2D eigenvalue weighted by Gasteiger charge is 2.28. The van der Waals surface area contributed by atoms with Crippen molar-refractivity contribution in [2.75, 3.05) is 0 Å². The normalized spacial score (nSPS) is 14.8. The van der Waals surface area contributed by atoms with E-state index in [-0.39, 0.29) is 5.75 Å². The van der Waals surface area contributed by atoms with Crippen LogP contribution in [0.3, 0.4) is 0 Å². The number of aromatic nitrogens is 2. The van der Waals surface area contributed by atoms with Crippen molar-refractivity contribution in [3.63, 3.8) is 0 Å². The molecule has 0 atom stereocenters. The average Bonchev–Trinajstić information content (AvgIpc) is 3.12. The van der Waals surface area contributed by atoms with E-state index in [1.54, 1.807) is 6.07 Å². The van der Waals surface area contributed by atoms with Gasteiger partial charge in [-0.3, -0.25) is 0 Å². The van der Waals surface area contributed by atoms with Crippen LogP contribution < -0.4 is 4.74 Å². The summed E-state index contributed by atoms with van der Waals surface area (Å²) in [6.07, 6.45) is 2.39. The van der Waals surface area contributed by atoms with E-state index in [2.05, 4.69) is 10.1 Å². The molecule has 1 fully saturated rings. The van der Waals surface area contributed by atoms with Gasteiger partial charge in [-0.05, 0) is 19.3 Å². The van der Waals surface area contributed by atoms with E-state index in [0.29, 0.717) is 29.1 Å². The summed E-state index contributed by atoms with van der Waals surface area (Å²) in [5.41, 5.74) is 1.88. The molecule has 2 aromatic heterocycles. The van der Waals surface area contributed by atoms with E-state index in [1.807, 2.05) is 6.92 Å². The minimum absolute atomic E-state index is 0.282. The lowest BCUT2D eigenvalue weighted by atomic mass is 10.1. The molecular weight excluding hydrogens is 248 g/mol. The Morgan fingerprint density at radius 3 is 3.00 bits per heavy atom. The molecule has 0 bridgehead atoms. The van der Waals surface area contributed by atoms with E-state index in [1.165, 1.54) is 0 Å². The Bertz CT molecular complexity index is 631. The van der Waals surface area contributed by atoms with Crippen LogP contribution in [-0.4, -0.2) is 21.4 Å². The molecule has 0 spiro atoms. The monoisotopic (exact) mass is 262 g/mol. The van der Waals surface area contributed by atoms with Crippen LogP contribution in [0.2, 0.25) is 0 Å². The topological polar surface area (TPSA) is 85.5 Å². The third kappa shape index (κ3) is 2.25. The first-order valence-electron chi connectivity index (χ1n) is 6.39. The molecule has 3 rings (SSSR count). The van der Waals surface area contributed by atoms with Crippen molar-refractivity contribution in [2.45, 2.75) is 38.5 Å².